The first-order chi connectivity index (χ1) is 9.84. The lowest BCUT2D eigenvalue weighted by Gasteiger charge is -2.11. The van der Waals surface area contributed by atoms with E-state index in [1.165, 1.54) is 19.3 Å². The van der Waals surface area contributed by atoms with Gasteiger partial charge in [-0.3, -0.25) is 4.79 Å². The molecule has 0 radical (unpaired) electrons. The zero-order chi connectivity index (χ0) is 13.8. The Morgan fingerprint density at radius 2 is 2.25 bits per heavy atom. The number of nitrogens with zero attached hydrogens (tertiary/aromatic N) is 3. The number of ether oxygens (including phenoxy) is 1. The number of fused-ring (bicyclic) bond motifs is 1. The van der Waals surface area contributed by atoms with Crippen LogP contribution in [0.1, 0.15) is 43.8 Å². The lowest BCUT2D eigenvalue weighted by Crippen LogP contribution is -2.35. The van der Waals surface area contributed by atoms with E-state index < -0.39 is 0 Å². The molecule has 2 aliphatic rings. The summed E-state index contributed by atoms with van der Waals surface area (Å²) in [6, 6.07) is 0. The lowest BCUT2D eigenvalue weighted by molar-refractivity contribution is -0.130. The standard InChI is InChI=1S/C14H22N4O2/c19-14(11-5-4-10-20-11)15-8-7-13-17-16-12-6-2-1-3-9-18(12)13/h11H,1-10H2,(H,15,19). The maximum Gasteiger partial charge on any atom is 0.249 e. The zero-order valence-electron chi connectivity index (χ0n) is 11.8. The summed E-state index contributed by atoms with van der Waals surface area (Å²) in [4.78, 5) is 11.8. The Morgan fingerprint density at radius 3 is 3.10 bits per heavy atom. The molecule has 1 aromatic heterocycles. The number of carbonyl (C=O) groups is 1. The van der Waals surface area contributed by atoms with Crippen LogP contribution in [0, 0.1) is 0 Å². The van der Waals surface area contributed by atoms with E-state index in [4.69, 9.17) is 4.74 Å². The van der Waals surface area contributed by atoms with Crippen LogP contribution in [-0.4, -0.2) is 39.9 Å². The van der Waals surface area contributed by atoms with E-state index in [0.29, 0.717) is 13.2 Å². The molecule has 1 atom stereocenters. The van der Waals surface area contributed by atoms with E-state index in [2.05, 4.69) is 20.1 Å². The third-order valence-electron chi connectivity index (χ3n) is 4.06. The molecule has 0 aromatic carbocycles. The van der Waals surface area contributed by atoms with Crippen LogP contribution in [0.15, 0.2) is 0 Å². The van der Waals surface area contributed by atoms with E-state index in [1.54, 1.807) is 0 Å². The van der Waals surface area contributed by atoms with E-state index in [-0.39, 0.29) is 12.0 Å². The number of nitrogens with one attached hydrogen (secondary N) is 1. The summed E-state index contributed by atoms with van der Waals surface area (Å²) in [6.07, 6.45) is 7.00. The molecule has 0 saturated carbocycles. The summed E-state index contributed by atoms with van der Waals surface area (Å²) >= 11 is 0. The van der Waals surface area contributed by atoms with Crippen LogP contribution < -0.4 is 5.32 Å². The minimum Gasteiger partial charge on any atom is -0.368 e. The maximum absolute atomic E-state index is 11.8. The van der Waals surface area contributed by atoms with Gasteiger partial charge < -0.3 is 14.6 Å². The van der Waals surface area contributed by atoms with Gasteiger partial charge in [0.15, 0.2) is 0 Å². The van der Waals surface area contributed by atoms with Gasteiger partial charge in [-0.05, 0) is 25.7 Å². The van der Waals surface area contributed by atoms with Crippen molar-refractivity contribution in [3.05, 3.63) is 11.6 Å². The van der Waals surface area contributed by atoms with Crippen molar-refractivity contribution in [3.8, 4) is 0 Å². The smallest absolute Gasteiger partial charge is 0.249 e. The second-order valence-corrected chi connectivity index (χ2v) is 5.54. The van der Waals surface area contributed by atoms with Gasteiger partial charge in [-0.1, -0.05) is 6.42 Å². The second kappa shape index (κ2) is 6.35. The average molecular weight is 278 g/mol. The summed E-state index contributed by atoms with van der Waals surface area (Å²) in [5.41, 5.74) is 0. The number of aromatic nitrogens is 3. The summed E-state index contributed by atoms with van der Waals surface area (Å²) in [7, 11) is 0. The van der Waals surface area contributed by atoms with Gasteiger partial charge in [-0.2, -0.15) is 0 Å². The number of carbonyl (C=O) groups excluding carboxylic acids is 1. The van der Waals surface area contributed by atoms with Gasteiger partial charge in [0, 0.05) is 32.5 Å². The molecule has 2 aliphatic heterocycles. The highest BCUT2D eigenvalue weighted by molar-refractivity contribution is 5.80. The predicted molar refractivity (Wildman–Crippen MR) is 73.3 cm³/mol. The number of rotatable bonds is 4. The normalized spacial score (nSPS) is 22.3. The van der Waals surface area contributed by atoms with Crippen molar-refractivity contribution < 1.29 is 9.53 Å². The van der Waals surface area contributed by atoms with Crippen molar-refractivity contribution in [1.29, 1.82) is 0 Å². The van der Waals surface area contributed by atoms with Gasteiger partial charge in [0.1, 0.15) is 17.8 Å². The average Bonchev–Trinajstić information content (AvgIpc) is 3.05. The van der Waals surface area contributed by atoms with E-state index >= 15 is 0 Å². The van der Waals surface area contributed by atoms with Crippen LogP contribution in [0.4, 0.5) is 0 Å². The molecule has 0 spiro atoms. The molecule has 110 valence electrons. The summed E-state index contributed by atoms with van der Waals surface area (Å²) < 4.78 is 7.59. The fraction of sp³-hybridized carbons (Fsp3) is 0.786. The SMILES string of the molecule is O=C(NCCc1nnc2n1CCCCC2)C1CCCO1. The highest BCUT2D eigenvalue weighted by Crippen LogP contribution is 2.15. The van der Waals surface area contributed by atoms with E-state index in [0.717, 1.165) is 43.9 Å². The summed E-state index contributed by atoms with van der Waals surface area (Å²) in [6.45, 7) is 2.32. The Bertz CT molecular complexity index is 466. The molecule has 0 bridgehead atoms. The van der Waals surface area contributed by atoms with Crippen LogP contribution in [0.5, 0.6) is 0 Å². The van der Waals surface area contributed by atoms with Gasteiger partial charge in [0.05, 0.1) is 0 Å². The van der Waals surface area contributed by atoms with Gasteiger partial charge in [-0.25, -0.2) is 0 Å². The maximum atomic E-state index is 11.8. The molecular formula is C14H22N4O2. The molecule has 1 aromatic rings. The lowest BCUT2D eigenvalue weighted by atomic mass is 10.2. The van der Waals surface area contributed by atoms with Crippen molar-refractivity contribution >= 4 is 5.91 Å². The molecule has 1 fully saturated rings. The van der Waals surface area contributed by atoms with Crippen LogP contribution in [-0.2, 0) is 28.9 Å². The highest BCUT2D eigenvalue weighted by Gasteiger charge is 2.23. The van der Waals surface area contributed by atoms with Crippen molar-refractivity contribution in [2.45, 2.75) is 57.6 Å². The number of aryl methyl sites for hydroxylation is 1. The summed E-state index contributed by atoms with van der Waals surface area (Å²) in [5, 5.41) is 11.5. The molecule has 0 aliphatic carbocycles. The quantitative estimate of drug-likeness (QED) is 0.886. The van der Waals surface area contributed by atoms with Gasteiger partial charge in [-0.15, -0.1) is 10.2 Å². The number of hydrogen-bond donors (Lipinski definition) is 1. The Hall–Kier alpha value is -1.43. The zero-order valence-corrected chi connectivity index (χ0v) is 11.8. The van der Waals surface area contributed by atoms with Crippen LogP contribution in [0.3, 0.4) is 0 Å². The van der Waals surface area contributed by atoms with Crippen molar-refractivity contribution in [1.82, 2.24) is 20.1 Å². The predicted octanol–water partition coefficient (Wildman–Crippen LogP) is 0.842. The first-order valence-corrected chi connectivity index (χ1v) is 7.65. The monoisotopic (exact) mass is 278 g/mol. The second-order valence-electron chi connectivity index (χ2n) is 5.54. The fourth-order valence-electron chi connectivity index (χ4n) is 2.93. The van der Waals surface area contributed by atoms with Crippen LogP contribution >= 0.6 is 0 Å². The molecule has 3 heterocycles. The van der Waals surface area contributed by atoms with Gasteiger partial charge in [0.25, 0.3) is 0 Å². The van der Waals surface area contributed by atoms with Crippen LogP contribution in [0.2, 0.25) is 0 Å². The third kappa shape index (κ3) is 3.00. The van der Waals surface area contributed by atoms with Crippen molar-refractivity contribution in [3.63, 3.8) is 0 Å². The summed E-state index contributed by atoms with van der Waals surface area (Å²) in [5.74, 6) is 2.11. The topological polar surface area (TPSA) is 69.0 Å². The molecular weight excluding hydrogens is 256 g/mol. The minimum atomic E-state index is -0.245. The number of hydrogen-bond acceptors (Lipinski definition) is 4. The van der Waals surface area contributed by atoms with Crippen molar-refractivity contribution in [2.75, 3.05) is 13.2 Å². The molecule has 1 N–H and O–H groups in total. The van der Waals surface area contributed by atoms with Gasteiger partial charge >= 0.3 is 0 Å². The molecule has 6 nitrogen and oxygen atoms in total. The minimum absolute atomic E-state index is 0.0121. The molecule has 3 rings (SSSR count). The van der Waals surface area contributed by atoms with Gasteiger partial charge in [0.2, 0.25) is 5.91 Å². The first-order valence-electron chi connectivity index (χ1n) is 7.65. The molecule has 20 heavy (non-hydrogen) atoms. The molecule has 1 unspecified atom stereocenters. The Morgan fingerprint density at radius 1 is 1.30 bits per heavy atom. The Balaban J connectivity index is 1.51. The number of amides is 1. The van der Waals surface area contributed by atoms with E-state index in [1.807, 2.05) is 0 Å². The van der Waals surface area contributed by atoms with E-state index in [9.17, 15) is 4.79 Å². The van der Waals surface area contributed by atoms with Crippen LogP contribution in [0.25, 0.3) is 0 Å². The third-order valence-corrected chi connectivity index (χ3v) is 4.06. The Labute approximate surface area is 118 Å². The van der Waals surface area contributed by atoms with Crippen molar-refractivity contribution in [2.24, 2.45) is 0 Å². The Kier molecular flexibility index (Phi) is 4.30. The highest BCUT2D eigenvalue weighted by atomic mass is 16.5. The molecule has 1 saturated heterocycles. The molecule has 1 amide bonds. The molecule has 6 heteroatoms. The first kappa shape index (κ1) is 13.5. The fourth-order valence-corrected chi connectivity index (χ4v) is 2.93. The largest absolute Gasteiger partial charge is 0.368 e.